The van der Waals surface area contributed by atoms with Gasteiger partial charge in [-0.3, -0.25) is 0 Å². The van der Waals surface area contributed by atoms with E-state index < -0.39 is 0 Å². The molecule has 0 aliphatic rings. The molecule has 0 aromatic heterocycles. The van der Waals surface area contributed by atoms with E-state index in [4.69, 9.17) is 0 Å². The van der Waals surface area contributed by atoms with Crippen molar-refractivity contribution in [3.8, 4) is 0 Å². The van der Waals surface area contributed by atoms with Crippen molar-refractivity contribution in [1.29, 1.82) is 0 Å². The number of hydrogen-bond donors (Lipinski definition) is 1. The van der Waals surface area contributed by atoms with Gasteiger partial charge in [0.15, 0.2) is 0 Å². The standard InChI is InChI=1S/C14H23N/c1-5-6-14(15-4)10-13-9-11(2)7-8-12(13)3/h7-9,14-15H,5-6,10H2,1-4H3. The van der Waals surface area contributed by atoms with Crippen LogP contribution in [0.1, 0.15) is 36.5 Å². The van der Waals surface area contributed by atoms with Crippen molar-refractivity contribution in [2.24, 2.45) is 0 Å². The summed E-state index contributed by atoms with van der Waals surface area (Å²) >= 11 is 0. The molecule has 1 nitrogen and oxygen atoms in total. The number of nitrogens with one attached hydrogen (secondary N) is 1. The zero-order valence-electron chi connectivity index (χ0n) is 10.4. The molecule has 0 radical (unpaired) electrons. The first kappa shape index (κ1) is 12.3. The molecule has 0 saturated carbocycles. The summed E-state index contributed by atoms with van der Waals surface area (Å²) in [6.45, 7) is 6.61. The zero-order valence-corrected chi connectivity index (χ0v) is 10.4. The fourth-order valence-corrected chi connectivity index (χ4v) is 1.98. The van der Waals surface area contributed by atoms with Crippen LogP contribution in [0.25, 0.3) is 0 Å². The first-order valence-electron chi connectivity index (χ1n) is 5.90. The minimum absolute atomic E-state index is 0.621. The van der Waals surface area contributed by atoms with E-state index in [0.29, 0.717) is 6.04 Å². The molecule has 1 rings (SSSR count). The molecule has 84 valence electrons. The molecule has 0 aliphatic heterocycles. The summed E-state index contributed by atoms with van der Waals surface area (Å²) in [7, 11) is 2.06. The highest BCUT2D eigenvalue weighted by Crippen LogP contribution is 2.14. The molecule has 0 heterocycles. The lowest BCUT2D eigenvalue weighted by atomic mass is 9.97. The average Bonchev–Trinajstić information content (AvgIpc) is 2.22. The summed E-state index contributed by atoms with van der Waals surface area (Å²) < 4.78 is 0. The molecule has 0 aliphatic carbocycles. The number of likely N-dealkylation sites (N-methyl/N-ethyl adjacent to an activating group) is 1. The normalized spacial score (nSPS) is 12.8. The van der Waals surface area contributed by atoms with Crippen molar-refractivity contribution in [3.63, 3.8) is 0 Å². The minimum Gasteiger partial charge on any atom is -0.317 e. The zero-order chi connectivity index (χ0) is 11.3. The highest BCUT2D eigenvalue weighted by molar-refractivity contribution is 5.31. The third kappa shape index (κ3) is 3.67. The average molecular weight is 205 g/mol. The Morgan fingerprint density at radius 3 is 2.60 bits per heavy atom. The summed E-state index contributed by atoms with van der Waals surface area (Å²) in [6, 6.07) is 7.35. The second kappa shape index (κ2) is 5.92. The molecule has 0 spiro atoms. The van der Waals surface area contributed by atoms with Gasteiger partial charge in [-0.15, -0.1) is 0 Å². The van der Waals surface area contributed by atoms with E-state index in [1.54, 1.807) is 0 Å². The SMILES string of the molecule is CCCC(Cc1cc(C)ccc1C)NC. The van der Waals surface area contributed by atoms with Gasteiger partial charge in [-0.2, -0.15) is 0 Å². The molecule has 1 atom stereocenters. The third-order valence-electron chi connectivity index (χ3n) is 3.02. The van der Waals surface area contributed by atoms with Gasteiger partial charge in [0.2, 0.25) is 0 Å². The summed E-state index contributed by atoms with van der Waals surface area (Å²) in [5, 5.41) is 3.40. The van der Waals surface area contributed by atoms with Crippen LogP contribution in [0, 0.1) is 13.8 Å². The second-order valence-electron chi connectivity index (χ2n) is 4.41. The van der Waals surface area contributed by atoms with Gasteiger partial charge in [0, 0.05) is 6.04 Å². The first-order chi connectivity index (χ1) is 7.17. The van der Waals surface area contributed by atoms with Crippen LogP contribution in [-0.2, 0) is 6.42 Å². The Bertz CT molecular complexity index is 304. The molecule has 1 heteroatoms. The molecule has 0 bridgehead atoms. The molecule has 0 fully saturated rings. The van der Waals surface area contributed by atoms with E-state index >= 15 is 0 Å². The van der Waals surface area contributed by atoms with Crippen LogP contribution in [0.5, 0.6) is 0 Å². The maximum Gasteiger partial charge on any atom is 0.0104 e. The fourth-order valence-electron chi connectivity index (χ4n) is 1.98. The van der Waals surface area contributed by atoms with Crippen LogP contribution in [0.3, 0.4) is 0 Å². The second-order valence-corrected chi connectivity index (χ2v) is 4.41. The van der Waals surface area contributed by atoms with Crippen molar-refractivity contribution >= 4 is 0 Å². The molecule has 1 aromatic rings. The molecule has 0 amide bonds. The van der Waals surface area contributed by atoms with Crippen molar-refractivity contribution in [3.05, 3.63) is 34.9 Å². The number of hydrogen-bond acceptors (Lipinski definition) is 1. The Morgan fingerprint density at radius 2 is 2.00 bits per heavy atom. The molecule has 1 unspecified atom stereocenters. The van der Waals surface area contributed by atoms with Crippen LogP contribution in [0.15, 0.2) is 18.2 Å². The van der Waals surface area contributed by atoms with Crippen LogP contribution in [0.4, 0.5) is 0 Å². The molecular formula is C14H23N. The Hall–Kier alpha value is -0.820. The summed E-state index contributed by atoms with van der Waals surface area (Å²) in [5.74, 6) is 0. The smallest absolute Gasteiger partial charge is 0.0104 e. The molecular weight excluding hydrogens is 182 g/mol. The van der Waals surface area contributed by atoms with Crippen LogP contribution < -0.4 is 5.32 Å². The van der Waals surface area contributed by atoms with Gasteiger partial charge < -0.3 is 5.32 Å². The van der Waals surface area contributed by atoms with E-state index in [-0.39, 0.29) is 0 Å². The molecule has 1 aromatic carbocycles. The monoisotopic (exact) mass is 205 g/mol. The Kier molecular flexibility index (Phi) is 4.83. The summed E-state index contributed by atoms with van der Waals surface area (Å²) in [4.78, 5) is 0. The van der Waals surface area contributed by atoms with Gasteiger partial charge >= 0.3 is 0 Å². The van der Waals surface area contributed by atoms with Crippen LogP contribution >= 0.6 is 0 Å². The summed E-state index contributed by atoms with van der Waals surface area (Å²) in [5.41, 5.74) is 4.27. The Balaban J connectivity index is 2.73. The van der Waals surface area contributed by atoms with Gasteiger partial charge in [-0.1, -0.05) is 37.1 Å². The quantitative estimate of drug-likeness (QED) is 0.778. The topological polar surface area (TPSA) is 12.0 Å². The van der Waals surface area contributed by atoms with E-state index in [9.17, 15) is 0 Å². The lowest BCUT2D eigenvalue weighted by Crippen LogP contribution is -2.27. The predicted molar refractivity (Wildman–Crippen MR) is 67.4 cm³/mol. The summed E-state index contributed by atoms with van der Waals surface area (Å²) in [6.07, 6.45) is 3.65. The van der Waals surface area contributed by atoms with Gasteiger partial charge in [-0.25, -0.2) is 0 Å². The van der Waals surface area contributed by atoms with Gasteiger partial charge in [-0.05, 0) is 44.9 Å². The maximum atomic E-state index is 3.40. The van der Waals surface area contributed by atoms with Crippen molar-refractivity contribution < 1.29 is 0 Å². The minimum atomic E-state index is 0.621. The van der Waals surface area contributed by atoms with Gasteiger partial charge in [0.1, 0.15) is 0 Å². The number of benzene rings is 1. The maximum absolute atomic E-state index is 3.40. The highest BCUT2D eigenvalue weighted by Gasteiger charge is 2.07. The Morgan fingerprint density at radius 1 is 1.27 bits per heavy atom. The molecule has 15 heavy (non-hydrogen) atoms. The van der Waals surface area contributed by atoms with Crippen molar-refractivity contribution in [1.82, 2.24) is 5.32 Å². The van der Waals surface area contributed by atoms with E-state index in [1.807, 2.05) is 0 Å². The highest BCUT2D eigenvalue weighted by atomic mass is 14.9. The van der Waals surface area contributed by atoms with E-state index in [2.05, 4.69) is 51.3 Å². The van der Waals surface area contributed by atoms with E-state index in [1.165, 1.54) is 29.5 Å². The van der Waals surface area contributed by atoms with Gasteiger partial charge in [0.25, 0.3) is 0 Å². The molecule has 0 saturated heterocycles. The van der Waals surface area contributed by atoms with Crippen molar-refractivity contribution in [2.45, 2.75) is 46.1 Å². The molecule has 1 N–H and O–H groups in total. The predicted octanol–water partition coefficient (Wildman–Crippen LogP) is 3.23. The van der Waals surface area contributed by atoms with Gasteiger partial charge in [0.05, 0.1) is 0 Å². The van der Waals surface area contributed by atoms with Crippen LogP contribution in [0.2, 0.25) is 0 Å². The Labute approximate surface area is 93.9 Å². The lowest BCUT2D eigenvalue weighted by molar-refractivity contribution is 0.513. The number of aryl methyl sites for hydroxylation is 2. The lowest BCUT2D eigenvalue weighted by Gasteiger charge is -2.17. The van der Waals surface area contributed by atoms with E-state index in [0.717, 1.165) is 6.42 Å². The van der Waals surface area contributed by atoms with Crippen molar-refractivity contribution in [2.75, 3.05) is 7.05 Å². The number of rotatable bonds is 5. The fraction of sp³-hybridized carbons (Fsp3) is 0.571. The first-order valence-corrected chi connectivity index (χ1v) is 5.90. The van der Waals surface area contributed by atoms with Crippen LogP contribution in [-0.4, -0.2) is 13.1 Å². The largest absolute Gasteiger partial charge is 0.317 e. The third-order valence-corrected chi connectivity index (χ3v) is 3.02.